The summed E-state index contributed by atoms with van der Waals surface area (Å²) in [5.74, 6) is -0.471. The van der Waals surface area contributed by atoms with Crippen LogP contribution in [0, 0.1) is 6.92 Å². The van der Waals surface area contributed by atoms with Gasteiger partial charge in [-0.15, -0.1) is 0 Å². The second-order valence-corrected chi connectivity index (χ2v) is 4.24. The second kappa shape index (κ2) is 4.31. The van der Waals surface area contributed by atoms with E-state index in [1.165, 1.54) is 17.2 Å². The molecule has 2 rings (SSSR count). The molecule has 0 saturated carbocycles. The Balaban J connectivity index is 2.24. The number of rotatable bonds is 1. The molecule has 1 aliphatic heterocycles. The van der Waals surface area contributed by atoms with E-state index in [0.29, 0.717) is 5.69 Å². The lowest BCUT2D eigenvalue weighted by Crippen LogP contribution is -2.33. The van der Waals surface area contributed by atoms with E-state index in [1.54, 1.807) is 6.92 Å². The molecule has 0 aromatic carbocycles. The van der Waals surface area contributed by atoms with Gasteiger partial charge in [0.2, 0.25) is 0 Å². The molecular formula is C11H14N2O4. The van der Waals surface area contributed by atoms with E-state index in [-0.39, 0.29) is 24.1 Å². The number of hydrogen-bond donors (Lipinski definition) is 3. The summed E-state index contributed by atoms with van der Waals surface area (Å²) in [7, 11) is 0. The third kappa shape index (κ3) is 2.22. The smallest absolute Gasteiger partial charge is 0.259 e. The van der Waals surface area contributed by atoms with E-state index in [9.17, 15) is 19.8 Å². The van der Waals surface area contributed by atoms with Gasteiger partial charge in [0.15, 0.2) is 5.43 Å². The number of nitrogens with one attached hydrogen (secondary N) is 1. The summed E-state index contributed by atoms with van der Waals surface area (Å²) in [4.78, 5) is 27.6. The van der Waals surface area contributed by atoms with Crippen molar-refractivity contribution in [2.45, 2.75) is 19.1 Å². The largest absolute Gasteiger partial charge is 0.388 e. The average molecular weight is 238 g/mol. The molecule has 1 fully saturated rings. The molecule has 2 unspecified atom stereocenters. The zero-order chi connectivity index (χ0) is 12.6. The molecule has 0 aliphatic carbocycles. The van der Waals surface area contributed by atoms with Crippen LogP contribution in [0.5, 0.6) is 0 Å². The first kappa shape index (κ1) is 11.8. The highest BCUT2D eigenvalue weighted by atomic mass is 16.3. The van der Waals surface area contributed by atoms with Crippen molar-refractivity contribution in [1.29, 1.82) is 0 Å². The summed E-state index contributed by atoms with van der Waals surface area (Å²) in [6.45, 7) is 1.82. The summed E-state index contributed by atoms with van der Waals surface area (Å²) < 4.78 is 0. The fourth-order valence-corrected chi connectivity index (χ4v) is 1.85. The Morgan fingerprint density at radius 3 is 2.53 bits per heavy atom. The zero-order valence-corrected chi connectivity index (χ0v) is 9.38. The lowest BCUT2D eigenvalue weighted by molar-refractivity contribution is 0.0572. The maximum absolute atomic E-state index is 12.0. The topological polar surface area (TPSA) is 93.6 Å². The summed E-state index contributed by atoms with van der Waals surface area (Å²) in [6.07, 6.45) is -0.524. The van der Waals surface area contributed by atoms with Gasteiger partial charge in [-0.2, -0.15) is 0 Å². The monoisotopic (exact) mass is 238 g/mol. The number of carbonyl (C=O) groups excluding carboxylic acids is 1. The number of aromatic nitrogens is 1. The summed E-state index contributed by atoms with van der Waals surface area (Å²) in [6, 6.07) is 1.34. The van der Waals surface area contributed by atoms with Crippen molar-refractivity contribution in [3.63, 3.8) is 0 Å². The minimum atomic E-state index is -0.941. The fourth-order valence-electron chi connectivity index (χ4n) is 1.85. The Morgan fingerprint density at radius 2 is 2.00 bits per heavy atom. The third-order valence-electron chi connectivity index (χ3n) is 2.83. The first-order chi connectivity index (χ1) is 7.99. The summed E-state index contributed by atoms with van der Waals surface area (Å²) in [5.41, 5.74) is 0.340. The highest BCUT2D eigenvalue weighted by Crippen LogP contribution is 2.12. The molecule has 3 N–H and O–H groups in total. The number of aliphatic hydroxyl groups excluding tert-OH is 2. The van der Waals surface area contributed by atoms with Gasteiger partial charge in [-0.3, -0.25) is 9.59 Å². The predicted octanol–water partition coefficient (Wildman–Crippen LogP) is -1.14. The minimum Gasteiger partial charge on any atom is -0.388 e. The number of H-pyrrole nitrogens is 1. The molecule has 6 heteroatoms. The number of hydrogen-bond acceptors (Lipinski definition) is 4. The zero-order valence-electron chi connectivity index (χ0n) is 9.38. The van der Waals surface area contributed by atoms with E-state index < -0.39 is 18.1 Å². The Morgan fingerprint density at radius 1 is 1.41 bits per heavy atom. The van der Waals surface area contributed by atoms with Crippen LogP contribution in [-0.4, -0.2) is 51.3 Å². The van der Waals surface area contributed by atoms with Gasteiger partial charge in [0.25, 0.3) is 5.91 Å². The lowest BCUT2D eigenvalue weighted by atomic mass is 10.2. The number of likely N-dealkylation sites (tertiary alicyclic amines) is 1. The number of aromatic amines is 1. The Kier molecular flexibility index (Phi) is 2.99. The number of β-amino-alcohol motifs (C(OH)–C–C–N with tert-alkyl or cyclic N) is 2. The lowest BCUT2D eigenvalue weighted by Gasteiger charge is -2.14. The molecular weight excluding hydrogens is 224 g/mol. The van der Waals surface area contributed by atoms with Crippen molar-refractivity contribution in [3.8, 4) is 0 Å². The second-order valence-electron chi connectivity index (χ2n) is 4.24. The minimum absolute atomic E-state index is 0.0249. The number of nitrogens with zero attached hydrogens (tertiary/aromatic N) is 1. The Bertz CT molecular complexity index is 486. The first-order valence-electron chi connectivity index (χ1n) is 5.34. The molecule has 1 aliphatic rings. The molecule has 2 heterocycles. The molecule has 1 saturated heterocycles. The van der Waals surface area contributed by atoms with Gasteiger partial charge in [-0.25, -0.2) is 0 Å². The van der Waals surface area contributed by atoms with E-state index in [1.807, 2.05) is 0 Å². The molecule has 0 spiro atoms. The van der Waals surface area contributed by atoms with Gasteiger partial charge in [0.1, 0.15) is 5.56 Å². The Labute approximate surface area is 97.5 Å². The number of amides is 1. The molecule has 2 atom stereocenters. The van der Waals surface area contributed by atoms with Crippen LogP contribution in [-0.2, 0) is 0 Å². The molecule has 1 aromatic heterocycles. The molecule has 17 heavy (non-hydrogen) atoms. The van der Waals surface area contributed by atoms with Gasteiger partial charge < -0.3 is 20.1 Å². The maximum Gasteiger partial charge on any atom is 0.259 e. The van der Waals surface area contributed by atoms with Gasteiger partial charge in [-0.1, -0.05) is 0 Å². The van der Waals surface area contributed by atoms with Crippen molar-refractivity contribution in [2.75, 3.05) is 13.1 Å². The van der Waals surface area contributed by atoms with Crippen LogP contribution in [0.25, 0.3) is 0 Å². The van der Waals surface area contributed by atoms with Gasteiger partial charge in [0, 0.05) is 31.0 Å². The van der Waals surface area contributed by atoms with Crippen molar-refractivity contribution in [3.05, 3.63) is 33.7 Å². The summed E-state index contributed by atoms with van der Waals surface area (Å²) in [5, 5.41) is 18.7. The van der Waals surface area contributed by atoms with E-state index >= 15 is 0 Å². The van der Waals surface area contributed by atoms with Gasteiger partial charge in [0.05, 0.1) is 12.2 Å². The van der Waals surface area contributed by atoms with Crippen LogP contribution in [0.4, 0.5) is 0 Å². The highest BCUT2D eigenvalue weighted by molar-refractivity contribution is 5.94. The van der Waals surface area contributed by atoms with Gasteiger partial charge >= 0.3 is 0 Å². The number of carbonyl (C=O) groups is 1. The Hall–Kier alpha value is -1.66. The van der Waals surface area contributed by atoms with Crippen molar-refractivity contribution < 1.29 is 15.0 Å². The number of aryl methyl sites for hydroxylation is 1. The molecule has 0 radical (unpaired) electrons. The van der Waals surface area contributed by atoms with Crippen LogP contribution < -0.4 is 5.43 Å². The molecule has 1 amide bonds. The van der Waals surface area contributed by atoms with Crippen LogP contribution in [0.15, 0.2) is 17.1 Å². The van der Waals surface area contributed by atoms with Crippen molar-refractivity contribution in [2.24, 2.45) is 0 Å². The predicted molar refractivity (Wildman–Crippen MR) is 59.7 cm³/mol. The normalized spacial score (nSPS) is 24.1. The summed E-state index contributed by atoms with van der Waals surface area (Å²) >= 11 is 0. The van der Waals surface area contributed by atoms with E-state index in [2.05, 4.69) is 4.98 Å². The fraction of sp³-hybridized carbons (Fsp3) is 0.455. The van der Waals surface area contributed by atoms with Crippen LogP contribution in [0.3, 0.4) is 0 Å². The number of pyridine rings is 1. The molecule has 1 aromatic rings. The molecule has 0 bridgehead atoms. The van der Waals surface area contributed by atoms with Crippen LogP contribution >= 0.6 is 0 Å². The van der Waals surface area contributed by atoms with Crippen molar-refractivity contribution >= 4 is 5.91 Å². The number of aliphatic hydroxyl groups is 2. The average Bonchev–Trinajstić information content (AvgIpc) is 2.58. The standard InChI is InChI=1S/C11H14N2O4/c1-6-2-8(14)7(3-12-6)11(17)13-4-9(15)10(16)5-13/h2-3,9-10,15-16H,4-5H2,1H3,(H,12,14). The van der Waals surface area contributed by atoms with Crippen LogP contribution in [0.2, 0.25) is 0 Å². The molecule has 6 nitrogen and oxygen atoms in total. The first-order valence-corrected chi connectivity index (χ1v) is 5.34. The quantitative estimate of drug-likeness (QED) is 0.576. The van der Waals surface area contributed by atoms with E-state index in [0.717, 1.165) is 0 Å². The van der Waals surface area contributed by atoms with Crippen molar-refractivity contribution in [1.82, 2.24) is 9.88 Å². The van der Waals surface area contributed by atoms with Gasteiger partial charge in [-0.05, 0) is 6.92 Å². The van der Waals surface area contributed by atoms with Crippen LogP contribution in [0.1, 0.15) is 16.1 Å². The third-order valence-corrected chi connectivity index (χ3v) is 2.83. The SMILES string of the molecule is Cc1cc(=O)c(C(=O)N2CC(O)C(O)C2)c[nH]1. The molecule has 92 valence electrons. The maximum atomic E-state index is 12.0. The highest BCUT2D eigenvalue weighted by Gasteiger charge is 2.33. The van der Waals surface area contributed by atoms with E-state index in [4.69, 9.17) is 0 Å².